The van der Waals surface area contributed by atoms with Crippen LogP contribution in [0.4, 0.5) is 4.39 Å². The summed E-state index contributed by atoms with van der Waals surface area (Å²) in [6.45, 7) is 6.16. The fourth-order valence-electron chi connectivity index (χ4n) is 2.83. The Morgan fingerprint density at radius 3 is 2.52 bits per heavy atom. The Morgan fingerprint density at radius 1 is 1.19 bits per heavy atom. The molecular formula is C21H24ClFN2O2. The monoisotopic (exact) mass is 390 g/mol. The molecule has 6 heteroatoms. The SMILES string of the molecule is CCNC(=O)C(C)N(Cc1ccccc1C)C(=O)Cc1c(F)cccc1Cl. The second-order valence-corrected chi connectivity index (χ2v) is 6.80. The van der Waals surface area contributed by atoms with E-state index in [-0.39, 0.29) is 35.4 Å². The first-order chi connectivity index (χ1) is 12.8. The van der Waals surface area contributed by atoms with Gasteiger partial charge in [0.2, 0.25) is 11.8 Å². The summed E-state index contributed by atoms with van der Waals surface area (Å²) in [6, 6.07) is 11.3. The van der Waals surface area contributed by atoms with Crippen LogP contribution < -0.4 is 5.32 Å². The number of hydrogen-bond acceptors (Lipinski definition) is 2. The summed E-state index contributed by atoms with van der Waals surface area (Å²) >= 11 is 6.07. The average molecular weight is 391 g/mol. The van der Waals surface area contributed by atoms with E-state index in [0.717, 1.165) is 11.1 Å². The number of carbonyl (C=O) groups is 2. The first-order valence-corrected chi connectivity index (χ1v) is 9.27. The third kappa shape index (κ3) is 5.30. The van der Waals surface area contributed by atoms with E-state index in [9.17, 15) is 14.0 Å². The van der Waals surface area contributed by atoms with Gasteiger partial charge in [-0.25, -0.2) is 4.39 Å². The topological polar surface area (TPSA) is 49.4 Å². The molecule has 0 saturated carbocycles. The second kappa shape index (κ2) is 9.51. The smallest absolute Gasteiger partial charge is 0.242 e. The molecule has 0 spiro atoms. The predicted molar refractivity (Wildman–Crippen MR) is 105 cm³/mol. The third-order valence-electron chi connectivity index (χ3n) is 4.51. The molecule has 1 N–H and O–H groups in total. The third-order valence-corrected chi connectivity index (χ3v) is 4.86. The molecule has 1 atom stereocenters. The molecule has 0 saturated heterocycles. The highest BCUT2D eigenvalue weighted by atomic mass is 35.5. The minimum absolute atomic E-state index is 0.141. The van der Waals surface area contributed by atoms with Gasteiger partial charge in [0, 0.05) is 23.7 Å². The van der Waals surface area contributed by atoms with Crippen molar-refractivity contribution in [3.63, 3.8) is 0 Å². The largest absolute Gasteiger partial charge is 0.355 e. The van der Waals surface area contributed by atoms with Gasteiger partial charge in [-0.3, -0.25) is 9.59 Å². The maximum absolute atomic E-state index is 14.1. The van der Waals surface area contributed by atoms with Gasteiger partial charge in [-0.05, 0) is 44.0 Å². The highest BCUT2D eigenvalue weighted by Gasteiger charge is 2.27. The minimum atomic E-state index is -0.692. The van der Waals surface area contributed by atoms with Gasteiger partial charge in [-0.1, -0.05) is 41.9 Å². The molecule has 0 aliphatic rings. The number of likely N-dealkylation sites (N-methyl/N-ethyl adjacent to an activating group) is 1. The quantitative estimate of drug-likeness (QED) is 0.779. The van der Waals surface area contributed by atoms with Crippen LogP contribution in [0.15, 0.2) is 42.5 Å². The van der Waals surface area contributed by atoms with Gasteiger partial charge in [0.1, 0.15) is 11.9 Å². The summed E-state index contributed by atoms with van der Waals surface area (Å²) < 4.78 is 14.1. The number of halogens is 2. The number of carbonyl (C=O) groups excluding carboxylic acids is 2. The minimum Gasteiger partial charge on any atom is -0.355 e. The van der Waals surface area contributed by atoms with Crippen molar-refractivity contribution in [2.45, 2.75) is 39.8 Å². The van der Waals surface area contributed by atoms with Gasteiger partial charge >= 0.3 is 0 Å². The summed E-state index contributed by atoms with van der Waals surface area (Å²) in [7, 11) is 0. The van der Waals surface area contributed by atoms with Crippen molar-refractivity contribution >= 4 is 23.4 Å². The molecule has 0 heterocycles. The van der Waals surface area contributed by atoms with Crippen LogP contribution in [-0.2, 0) is 22.6 Å². The number of nitrogens with zero attached hydrogens (tertiary/aromatic N) is 1. The molecule has 0 fully saturated rings. The van der Waals surface area contributed by atoms with E-state index in [0.29, 0.717) is 6.54 Å². The van der Waals surface area contributed by atoms with Crippen LogP contribution in [0.1, 0.15) is 30.5 Å². The molecule has 0 radical (unpaired) electrons. The molecule has 2 rings (SSSR count). The summed E-state index contributed by atoms with van der Waals surface area (Å²) in [5, 5.41) is 2.93. The van der Waals surface area contributed by atoms with Crippen LogP contribution in [0.5, 0.6) is 0 Å². The number of benzene rings is 2. The van der Waals surface area contributed by atoms with E-state index >= 15 is 0 Å². The van der Waals surface area contributed by atoms with Crippen LogP contribution in [0, 0.1) is 12.7 Å². The fourth-order valence-corrected chi connectivity index (χ4v) is 3.06. The Morgan fingerprint density at radius 2 is 1.89 bits per heavy atom. The number of rotatable bonds is 7. The average Bonchev–Trinajstić information content (AvgIpc) is 2.63. The van der Waals surface area contributed by atoms with Crippen LogP contribution in [0.3, 0.4) is 0 Å². The first-order valence-electron chi connectivity index (χ1n) is 8.89. The van der Waals surface area contributed by atoms with Crippen LogP contribution >= 0.6 is 11.6 Å². The standard InChI is InChI=1S/C21H24ClFN2O2/c1-4-24-21(27)15(3)25(13-16-9-6-5-8-14(16)2)20(26)12-17-18(22)10-7-11-19(17)23/h5-11,15H,4,12-13H2,1-3H3,(H,24,27). The zero-order chi connectivity index (χ0) is 20.0. The normalized spacial score (nSPS) is 11.7. The van der Waals surface area contributed by atoms with E-state index < -0.39 is 11.9 Å². The molecule has 0 aromatic heterocycles. The molecule has 27 heavy (non-hydrogen) atoms. The Bertz CT molecular complexity index is 805. The Kier molecular flexibility index (Phi) is 7.36. The summed E-state index contributed by atoms with van der Waals surface area (Å²) in [6.07, 6.45) is -0.207. The van der Waals surface area contributed by atoms with Crippen molar-refractivity contribution in [3.05, 3.63) is 70.0 Å². The van der Waals surface area contributed by atoms with Crippen molar-refractivity contribution in [1.82, 2.24) is 10.2 Å². The van der Waals surface area contributed by atoms with Crippen molar-refractivity contribution in [1.29, 1.82) is 0 Å². The molecular weight excluding hydrogens is 367 g/mol. The van der Waals surface area contributed by atoms with Crippen molar-refractivity contribution in [2.75, 3.05) is 6.54 Å². The van der Waals surface area contributed by atoms with Crippen molar-refractivity contribution in [3.8, 4) is 0 Å². The maximum Gasteiger partial charge on any atom is 0.242 e. The van der Waals surface area contributed by atoms with E-state index in [2.05, 4.69) is 5.32 Å². The van der Waals surface area contributed by atoms with E-state index in [1.165, 1.54) is 17.0 Å². The van der Waals surface area contributed by atoms with Gasteiger partial charge in [-0.15, -0.1) is 0 Å². The number of aryl methyl sites for hydroxylation is 1. The molecule has 2 aromatic rings. The number of hydrogen-bond donors (Lipinski definition) is 1. The van der Waals surface area contributed by atoms with Gasteiger partial charge < -0.3 is 10.2 Å². The highest BCUT2D eigenvalue weighted by Crippen LogP contribution is 2.22. The van der Waals surface area contributed by atoms with Crippen LogP contribution in [0.25, 0.3) is 0 Å². The van der Waals surface area contributed by atoms with Crippen molar-refractivity contribution < 1.29 is 14.0 Å². The first kappa shape index (κ1) is 20.9. The van der Waals surface area contributed by atoms with Crippen LogP contribution in [0.2, 0.25) is 5.02 Å². The summed E-state index contributed by atoms with van der Waals surface area (Å²) in [5.74, 6) is -1.14. The molecule has 0 aliphatic carbocycles. The lowest BCUT2D eigenvalue weighted by molar-refractivity contribution is -0.140. The number of amides is 2. The lowest BCUT2D eigenvalue weighted by atomic mass is 10.1. The zero-order valence-corrected chi connectivity index (χ0v) is 16.5. The van der Waals surface area contributed by atoms with E-state index in [1.807, 2.05) is 38.1 Å². The second-order valence-electron chi connectivity index (χ2n) is 6.40. The molecule has 2 amide bonds. The highest BCUT2D eigenvalue weighted by molar-refractivity contribution is 6.31. The Hall–Kier alpha value is -2.40. The summed E-state index contributed by atoms with van der Waals surface area (Å²) in [5.41, 5.74) is 2.09. The van der Waals surface area contributed by atoms with Crippen molar-refractivity contribution in [2.24, 2.45) is 0 Å². The maximum atomic E-state index is 14.1. The zero-order valence-electron chi connectivity index (χ0n) is 15.8. The lowest BCUT2D eigenvalue weighted by Gasteiger charge is -2.29. The van der Waals surface area contributed by atoms with Gasteiger partial charge in [0.25, 0.3) is 0 Å². The molecule has 144 valence electrons. The van der Waals surface area contributed by atoms with Gasteiger partial charge in [0.15, 0.2) is 0 Å². The van der Waals surface area contributed by atoms with E-state index in [4.69, 9.17) is 11.6 Å². The van der Waals surface area contributed by atoms with E-state index in [1.54, 1.807) is 13.0 Å². The molecule has 0 aliphatic heterocycles. The molecule has 4 nitrogen and oxygen atoms in total. The number of nitrogens with one attached hydrogen (secondary N) is 1. The molecule has 2 aromatic carbocycles. The summed E-state index contributed by atoms with van der Waals surface area (Å²) in [4.78, 5) is 26.8. The van der Waals surface area contributed by atoms with Gasteiger partial charge in [0.05, 0.1) is 6.42 Å². The lowest BCUT2D eigenvalue weighted by Crippen LogP contribution is -2.48. The Labute approximate surface area is 164 Å². The molecule has 0 bridgehead atoms. The fraction of sp³-hybridized carbons (Fsp3) is 0.333. The predicted octanol–water partition coefficient (Wildman–Crippen LogP) is 3.88. The van der Waals surface area contributed by atoms with Gasteiger partial charge in [-0.2, -0.15) is 0 Å². The molecule has 1 unspecified atom stereocenters. The Balaban J connectivity index is 2.31. The van der Waals surface area contributed by atoms with Crippen LogP contribution in [-0.4, -0.2) is 29.3 Å².